The van der Waals surface area contributed by atoms with Crippen LogP contribution in [-0.2, 0) is 4.79 Å². The summed E-state index contributed by atoms with van der Waals surface area (Å²) in [6, 6.07) is 3.22. The Morgan fingerprint density at radius 3 is 2.60 bits per heavy atom. The molecule has 0 unspecified atom stereocenters. The molecule has 2 aromatic rings. The maximum atomic E-state index is 12.0. The largest absolute Gasteiger partial charge is 0.342 e. The lowest BCUT2D eigenvalue weighted by molar-refractivity contribution is -0.120. The predicted molar refractivity (Wildman–Crippen MR) is 81.5 cm³/mol. The molecule has 0 saturated carbocycles. The summed E-state index contributed by atoms with van der Waals surface area (Å²) in [6.07, 6.45) is 0. The lowest BCUT2D eigenvalue weighted by Gasteiger charge is -2.02. The quantitative estimate of drug-likeness (QED) is 0.451. The molecule has 2 amide bonds. The van der Waals surface area contributed by atoms with Crippen LogP contribution in [0.5, 0.6) is 0 Å². The molecule has 0 spiro atoms. The fourth-order valence-corrected chi connectivity index (χ4v) is 3.84. The molecule has 0 saturated heterocycles. The van der Waals surface area contributed by atoms with Crippen LogP contribution in [0.4, 0.5) is 0 Å². The fraction of sp³-hybridized carbons (Fsp3) is 0.0909. The average Bonchev–Trinajstić information content (AvgIpc) is 2.72. The van der Waals surface area contributed by atoms with Gasteiger partial charge in [-0.1, -0.05) is 34.8 Å². The highest BCUT2D eigenvalue weighted by Gasteiger charge is 2.19. The highest BCUT2D eigenvalue weighted by atomic mass is 35.5. The van der Waals surface area contributed by atoms with Crippen molar-refractivity contribution in [2.24, 2.45) is 5.84 Å². The van der Waals surface area contributed by atoms with Crippen LogP contribution in [0.2, 0.25) is 15.1 Å². The van der Waals surface area contributed by atoms with Crippen molar-refractivity contribution in [1.82, 2.24) is 10.7 Å². The van der Waals surface area contributed by atoms with Crippen molar-refractivity contribution in [1.29, 1.82) is 0 Å². The second-order valence-electron chi connectivity index (χ2n) is 3.76. The zero-order valence-electron chi connectivity index (χ0n) is 9.80. The number of hydrazine groups is 1. The molecule has 0 bridgehead atoms. The van der Waals surface area contributed by atoms with Gasteiger partial charge >= 0.3 is 0 Å². The predicted octanol–water partition coefficient (Wildman–Crippen LogP) is 2.58. The van der Waals surface area contributed by atoms with E-state index in [1.807, 2.05) is 5.43 Å². The highest BCUT2D eigenvalue weighted by Crippen LogP contribution is 2.41. The van der Waals surface area contributed by atoms with Crippen molar-refractivity contribution >= 4 is 68.0 Å². The smallest absolute Gasteiger partial charge is 0.263 e. The molecule has 0 fully saturated rings. The van der Waals surface area contributed by atoms with Gasteiger partial charge in [-0.15, -0.1) is 11.3 Å². The molecule has 0 radical (unpaired) electrons. The van der Waals surface area contributed by atoms with Gasteiger partial charge < -0.3 is 5.32 Å². The molecule has 2 rings (SSSR count). The van der Waals surface area contributed by atoms with E-state index in [9.17, 15) is 9.59 Å². The molecule has 20 heavy (non-hydrogen) atoms. The minimum absolute atomic E-state index is 0.234. The van der Waals surface area contributed by atoms with Gasteiger partial charge in [-0.2, -0.15) is 0 Å². The first-order chi connectivity index (χ1) is 9.43. The van der Waals surface area contributed by atoms with Crippen molar-refractivity contribution in [3.63, 3.8) is 0 Å². The zero-order chi connectivity index (χ0) is 14.9. The van der Waals surface area contributed by atoms with Crippen molar-refractivity contribution in [2.75, 3.05) is 6.54 Å². The number of benzene rings is 1. The summed E-state index contributed by atoms with van der Waals surface area (Å²) in [5.74, 6) is 3.92. The van der Waals surface area contributed by atoms with Crippen LogP contribution in [0.15, 0.2) is 12.1 Å². The van der Waals surface area contributed by atoms with Crippen molar-refractivity contribution in [2.45, 2.75) is 0 Å². The Morgan fingerprint density at radius 2 is 1.95 bits per heavy atom. The Bertz CT molecular complexity index is 702. The Balaban J connectivity index is 2.35. The van der Waals surface area contributed by atoms with E-state index in [1.54, 1.807) is 12.1 Å². The topological polar surface area (TPSA) is 84.2 Å². The summed E-state index contributed by atoms with van der Waals surface area (Å²) in [4.78, 5) is 23.2. The molecule has 5 nitrogen and oxygen atoms in total. The van der Waals surface area contributed by atoms with E-state index in [-0.39, 0.29) is 16.4 Å². The number of halogens is 3. The molecule has 0 aliphatic rings. The average molecular weight is 353 g/mol. The maximum Gasteiger partial charge on any atom is 0.263 e. The van der Waals surface area contributed by atoms with Crippen LogP contribution in [0.1, 0.15) is 9.67 Å². The van der Waals surface area contributed by atoms with Crippen molar-refractivity contribution in [3.8, 4) is 0 Å². The normalized spacial score (nSPS) is 10.6. The Morgan fingerprint density at radius 1 is 1.25 bits per heavy atom. The van der Waals surface area contributed by atoms with E-state index in [0.717, 1.165) is 11.3 Å². The van der Waals surface area contributed by atoms with Crippen LogP contribution < -0.4 is 16.6 Å². The van der Waals surface area contributed by atoms with Gasteiger partial charge in [0.25, 0.3) is 11.8 Å². The van der Waals surface area contributed by atoms with E-state index in [0.29, 0.717) is 20.1 Å². The highest BCUT2D eigenvalue weighted by molar-refractivity contribution is 7.21. The molecule has 4 N–H and O–H groups in total. The zero-order valence-corrected chi connectivity index (χ0v) is 12.9. The molecular formula is C11H8Cl3N3O2S. The second-order valence-corrected chi connectivity index (χ2v) is 6.03. The van der Waals surface area contributed by atoms with Gasteiger partial charge in [-0.05, 0) is 12.1 Å². The number of thiophene rings is 1. The van der Waals surface area contributed by atoms with Crippen molar-refractivity contribution < 1.29 is 9.59 Å². The molecule has 1 aromatic heterocycles. The van der Waals surface area contributed by atoms with Crippen LogP contribution in [-0.4, -0.2) is 18.4 Å². The molecule has 0 aliphatic heterocycles. The number of fused-ring (bicyclic) bond motifs is 1. The van der Waals surface area contributed by atoms with Gasteiger partial charge in [0, 0.05) is 15.1 Å². The number of nitrogens with one attached hydrogen (secondary N) is 2. The third-order valence-corrected chi connectivity index (χ3v) is 4.57. The van der Waals surface area contributed by atoms with Crippen LogP contribution >= 0.6 is 46.1 Å². The van der Waals surface area contributed by atoms with E-state index in [2.05, 4.69) is 5.32 Å². The minimum atomic E-state index is -0.517. The van der Waals surface area contributed by atoms with E-state index >= 15 is 0 Å². The molecule has 1 heterocycles. The van der Waals surface area contributed by atoms with E-state index < -0.39 is 11.8 Å². The summed E-state index contributed by atoms with van der Waals surface area (Å²) >= 11 is 19.3. The summed E-state index contributed by atoms with van der Waals surface area (Å²) in [6.45, 7) is -0.242. The number of hydrogen-bond donors (Lipinski definition) is 3. The SMILES string of the molecule is NNC(=O)CNC(=O)c1sc2cc(Cl)cc(Cl)c2c1Cl. The number of nitrogens with two attached hydrogens (primary N) is 1. The first-order valence-corrected chi connectivity index (χ1v) is 7.23. The first-order valence-electron chi connectivity index (χ1n) is 5.28. The standard InChI is InChI=1S/C11H8Cl3N3O2S/c12-4-1-5(13)8-6(2-4)20-10(9(8)14)11(19)16-3-7(18)17-15/h1-2H,3,15H2,(H,16,19)(H,17,18). The number of carbonyl (C=O) groups is 2. The minimum Gasteiger partial charge on any atom is -0.342 e. The molecular weight excluding hydrogens is 345 g/mol. The van der Waals surface area contributed by atoms with Crippen LogP contribution in [0, 0.1) is 0 Å². The van der Waals surface area contributed by atoms with E-state index in [4.69, 9.17) is 40.6 Å². The monoisotopic (exact) mass is 351 g/mol. The van der Waals surface area contributed by atoms with E-state index in [1.165, 1.54) is 0 Å². The van der Waals surface area contributed by atoms with Gasteiger partial charge in [0.05, 0.1) is 16.6 Å². The number of rotatable bonds is 3. The second kappa shape index (κ2) is 6.15. The van der Waals surface area contributed by atoms with Crippen LogP contribution in [0.25, 0.3) is 10.1 Å². The molecule has 9 heteroatoms. The number of amides is 2. The summed E-state index contributed by atoms with van der Waals surface area (Å²) in [5, 5.41) is 4.03. The van der Waals surface area contributed by atoms with Gasteiger partial charge in [-0.25, -0.2) is 5.84 Å². The lowest BCUT2D eigenvalue weighted by atomic mass is 10.2. The third kappa shape index (κ3) is 2.99. The molecule has 106 valence electrons. The van der Waals surface area contributed by atoms with Crippen molar-refractivity contribution in [3.05, 3.63) is 32.1 Å². The van der Waals surface area contributed by atoms with Gasteiger partial charge in [0.1, 0.15) is 4.88 Å². The number of carbonyl (C=O) groups excluding carboxylic acids is 2. The lowest BCUT2D eigenvalue weighted by Crippen LogP contribution is -2.40. The Hall–Kier alpha value is -1.05. The van der Waals surface area contributed by atoms with Gasteiger partial charge in [0.15, 0.2) is 0 Å². The Labute approximate surface area is 132 Å². The third-order valence-electron chi connectivity index (χ3n) is 2.43. The number of hydrogen-bond acceptors (Lipinski definition) is 4. The summed E-state index contributed by atoms with van der Waals surface area (Å²) in [5.41, 5.74) is 1.91. The maximum absolute atomic E-state index is 12.0. The van der Waals surface area contributed by atoms with Gasteiger partial charge in [0.2, 0.25) is 0 Å². The summed E-state index contributed by atoms with van der Waals surface area (Å²) in [7, 11) is 0. The molecule has 1 aromatic carbocycles. The fourth-order valence-electron chi connectivity index (χ4n) is 1.55. The molecule has 0 atom stereocenters. The Kier molecular flexibility index (Phi) is 4.72. The van der Waals surface area contributed by atoms with Crippen LogP contribution in [0.3, 0.4) is 0 Å². The summed E-state index contributed by atoms with van der Waals surface area (Å²) < 4.78 is 0.695. The molecule has 0 aliphatic carbocycles. The van der Waals surface area contributed by atoms with Gasteiger partial charge in [-0.3, -0.25) is 15.0 Å². The first kappa shape index (κ1) is 15.3.